The van der Waals surface area contributed by atoms with E-state index in [1.54, 1.807) is 43.3 Å². The van der Waals surface area contributed by atoms with Gasteiger partial charge in [-0.25, -0.2) is 9.59 Å². The number of benzene rings is 2. The summed E-state index contributed by atoms with van der Waals surface area (Å²) < 4.78 is 5.12. The number of halogens is 1. The Morgan fingerprint density at radius 2 is 1.61 bits per heavy atom. The summed E-state index contributed by atoms with van der Waals surface area (Å²) in [6.07, 6.45) is -1.23. The number of urea groups is 1. The highest BCUT2D eigenvalue weighted by molar-refractivity contribution is 6.30. The number of imide groups is 1. The number of carbonyl (C=O) groups excluding carboxylic acids is 4. The molecule has 0 bridgehead atoms. The maximum atomic E-state index is 12.7. The van der Waals surface area contributed by atoms with Crippen molar-refractivity contribution < 1.29 is 23.9 Å². The normalized spacial score (nSPS) is 11.2. The van der Waals surface area contributed by atoms with E-state index in [2.05, 4.69) is 10.6 Å². The van der Waals surface area contributed by atoms with E-state index in [4.69, 9.17) is 16.3 Å². The molecule has 0 saturated carbocycles. The summed E-state index contributed by atoms with van der Waals surface area (Å²) >= 11 is 5.84. The van der Waals surface area contributed by atoms with E-state index < -0.39 is 24.0 Å². The molecular formula is C20H19ClN2O5. The molecule has 28 heavy (non-hydrogen) atoms. The third-order valence-electron chi connectivity index (χ3n) is 3.73. The highest BCUT2D eigenvalue weighted by Crippen LogP contribution is 2.18. The lowest BCUT2D eigenvalue weighted by Gasteiger charge is -2.14. The quantitative estimate of drug-likeness (QED) is 0.571. The number of nitrogens with one attached hydrogen (secondary N) is 2. The monoisotopic (exact) mass is 402 g/mol. The molecule has 2 rings (SSSR count). The zero-order valence-electron chi connectivity index (χ0n) is 15.3. The van der Waals surface area contributed by atoms with E-state index >= 15 is 0 Å². The first-order valence-electron chi connectivity index (χ1n) is 8.52. The lowest BCUT2D eigenvalue weighted by molar-refractivity contribution is -0.127. The van der Waals surface area contributed by atoms with E-state index in [0.29, 0.717) is 17.1 Å². The largest absolute Gasteiger partial charge is 0.449 e. The molecule has 0 aliphatic heterocycles. The van der Waals surface area contributed by atoms with Crippen LogP contribution in [0.2, 0.25) is 5.02 Å². The Bertz CT molecular complexity index is 896. The van der Waals surface area contributed by atoms with Crippen molar-refractivity contribution in [3.63, 3.8) is 0 Å². The molecule has 0 aromatic heterocycles. The van der Waals surface area contributed by atoms with Crippen LogP contribution in [0.15, 0.2) is 48.5 Å². The molecular weight excluding hydrogens is 384 g/mol. The fourth-order valence-corrected chi connectivity index (χ4v) is 2.44. The highest BCUT2D eigenvalue weighted by Gasteiger charge is 2.24. The summed E-state index contributed by atoms with van der Waals surface area (Å²) in [6.45, 7) is 3.37. The van der Waals surface area contributed by atoms with E-state index in [1.165, 1.54) is 19.1 Å². The molecule has 1 unspecified atom stereocenters. The van der Waals surface area contributed by atoms with Gasteiger partial charge in [-0.1, -0.05) is 29.8 Å². The first-order valence-corrected chi connectivity index (χ1v) is 8.90. The molecule has 7 nitrogen and oxygen atoms in total. The molecule has 0 fully saturated rings. The molecule has 0 aliphatic carbocycles. The summed E-state index contributed by atoms with van der Waals surface area (Å²) in [7, 11) is 0. The minimum atomic E-state index is -1.23. The van der Waals surface area contributed by atoms with Crippen molar-refractivity contribution >= 4 is 35.3 Å². The molecule has 2 N–H and O–H groups in total. The lowest BCUT2D eigenvalue weighted by atomic mass is 9.98. The summed E-state index contributed by atoms with van der Waals surface area (Å²) in [5, 5.41) is 4.94. The zero-order chi connectivity index (χ0) is 20.7. The summed E-state index contributed by atoms with van der Waals surface area (Å²) in [4.78, 5) is 48.6. The van der Waals surface area contributed by atoms with Gasteiger partial charge in [0.15, 0.2) is 11.9 Å². The predicted molar refractivity (Wildman–Crippen MR) is 103 cm³/mol. The summed E-state index contributed by atoms with van der Waals surface area (Å²) in [6, 6.07) is 11.7. The van der Waals surface area contributed by atoms with Gasteiger partial charge in [-0.05, 0) is 44.2 Å². The molecule has 146 valence electrons. The molecule has 0 aliphatic rings. The molecule has 1 atom stereocenters. The standard InChI is InChI=1S/C20H19ClN2O5/c1-3-22-20(27)23-18(25)12(2)28-19(26)16-7-5-4-6-15(16)17(24)13-8-10-14(21)11-9-13/h4-12H,3H2,1-2H3,(H2,22,23,25,27). The number of hydrogen-bond acceptors (Lipinski definition) is 5. The smallest absolute Gasteiger partial charge is 0.339 e. The fourth-order valence-electron chi connectivity index (χ4n) is 2.31. The Hall–Kier alpha value is -3.19. The number of amides is 3. The van der Waals surface area contributed by atoms with E-state index in [0.717, 1.165) is 0 Å². The summed E-state index contributed by atoms with van der Waals surface area (Å²) in [5.41, 5.74) is 0.498. The van der Waals surface area contributed by atoms with Gasteiger partial charge >= 0.3 is 12.0 Å². The van der Waals surface area contributed by atoms with Crippen molar-refractivity contribution in [3.8, 4) is 0 Å². The highest BCUT2D eigenvalue weighted by atomic mass is 35.5. The number of carbonyl (C=O) groups is 4. The zero-order valence-corrected chi connectivity index (χ0v) is 16.1. The van der Waals surface area contributed by atoms with Crippen molar-refractivity contribution in [3.05, 3.63) is 70.2 Å². The van der Waals surface area contributed by atoms with E-state index in [-0.39, 0.29) is 16.9 Å². The third kappa shape index (κ3) is 5.40. The van der Waals surface area contributed by atoms with Crippen LogP contribution in [0.5, 0.6) is 0 Å². The van der Waals surface area contributed by atoms with Crippen LogP contribution in [0.4, 0.5) is 4.79 Å². The van der Waals surface area contributed by atoms with Gasteiger partial charge in [-0.15, -0.1) is 0 Å². The third-order valence-corrected chi connectivity index (χ3v) is 3.98. The average molecular weight is 403 g/mol. The Labute approximate surface area is 167 Å². The van der Waals surface area contributed by atoms with E-state index in [9.17, 15) is 19.2 Å². The van der Waals surface area contributed by atoms with Gasteiger partial charge in [-0.3, -0.25) is 14.9 Å². The average Bonchev–Trinajstić information content (AvgIpc) is 2.68. The maximum absolute atomic E-state index is 12.7. The van der Waals surface area contributed by atoms with Crippen molar-refractivity contribution in [2.75, 3.05) is 6.54 Å². The van der Waals surface area contributed by atoms with Gasteiger partial charge in [0, 0.05) is 22.7 Å². The van der Waals surface area contributed by atoms with Crippen LogP contribution in [0.1, 0.15) is 40.1 Å². The van der Waals surface area contributed by atoms with Crippen molar-refractivity contribution in [2.24, 2.45) is 0 Å². The number of ether oxygens (including phenoxy) is 1. The van der Waals surface area contributed by atoms with Gasteiger partial charge in [0.25, 0.3) is 5.91 Å². The minimum Gasteiger partial charge on any atom is -0.449 e. The first kappa shape index (κ1) is 21.1. The van der Waals surface area contributed by atoms with E-state index in [1.807, 2.05) is 0 Å². The van der Waals surface area contributed by atoms with Crippen LogP contribution in [-0.4, -0.2) is 36.3 Å². The van der Waals surface area contributed by atoms with Gasteiger partial charge in [0.1, 0.15) is 0 Å². The second-order valence-electron chi connectivity index (χ2n) is 5.78. The van der Waals surface area contributed by atoms with Crippen molar-refractivity contribution in [1.82, 2.24) is 10.6 Å². The minimum absolute atomic E-state index is 0.0140. The molecule has 0 radical (unpaired) electrons. The lowest BCUT2D eigenvalue weighted by Crippen LogP contribution is -2.44. The van der Waals surface area contributed by atoms with Gasteiger partial charge in [0.05, 0.1) is 5.56 Å². The Morgan fingerprint density at radius 3 is 2.21 bits per heavy atom. The molecule has 3 amide bonds. The number of ketones is 1. The SMILES string of the molecule is CCNC(=O)NC(=O)C(C)OC(=O)c1ccccc1C(=O)c1ccc(Cl)cc1. The molecule has 0 spiro atoms. The topological polar surface area (TPSA) is 102 Å². The van der Waals surface area contributed by atoms with Gasteiger partial charge < -0.3 is 10.1 Å². The molecule has 8 heteroatoms. The summed E-state index contributed by atoms with van der Waals surface area (Å²) in [5.74, 6) is -2.01. The Kier molecular flexibility index (Phi) is 7.28. The van der Waals surface area contributed by atoms with Crippen LogP contribution < -0.4 is 10.6 Å². The van der Waals surface area contributed by atoms with Crippen LogP contribution in [-0.2, 0) is 9.53 Å². The van der Waals surface area contributed by atoms with Crippen LogP contribution >= 0.6 is 11.6 Å². The maximum Gasteiger partial charge on any atom is 0.339 e. The second-order valence-corrected chi connectivity index (χ2v) is 6.21. The molecule has 0 saturated heterocycles. The molecule has 2 aromatic rings. The second kappa shape index (κ2) is 9.66. The molecule has 0 heterocycles. The van der Waals surface area contributed by atoms with Crippen LogP contribution in [0.25, 0.3) is 0 Å². The number of hydrogen-bond donors (Lipinski definition) is 2. The Balaban J connectivity index is 2.16. The van der Waals surface area contributed by atoms with Crippen molar-refractivity contribution in [1.29, 1.82) is 0 Å². The fraction of sp³-hybridized carbons (Fsp3) is 0.200. The predicted octanol–water partition coefficient (Wildman–Crippen LogP) is 2.96. The van der Waals surface area contributed by atoms with Gasteiger partial charge in [-0.2, -0.15) is 0 Å². The first-order chi connectivity index (χ1) is 13.3. The number of esters is 1. The van der Waals surface area contributed by atoms with Crippen LogP contribution in [0, 0.1) is 0 Å². The van der Waals surface area contributed by atoms with Gasteiger partial charge in [0.2, 0.25) is 0 Å². The van der Waals surface area contributed by atoms with Crippen LogP contribution in [0.3, 0.4) is 0 Å². The Morgan fingerprint density at radius 1 is 1.00 bits per heavy atom. The number of rotatable bonds is 6. The van der Waals surface area contributed by atoms with Crippen molar-refractivity contribution in [2.45, 2.75) is 20.0 Å². The molecule has 2 aromatic carbocycles.